The van der Waals surface area contributed by atoms with Gasteiger partial charge in [0.1, 0.15) is 5.82 Å². The van der Waals surface area contributed by atoms with E-state index >= 15 is 0 Å². The van der Waals surface area contributed by atoms with Crippen molar-refractivity contribution < 1.29 is 0 Å². The van der Waals surface area contributed by atoms with Crippen molar-refractivity contribution in [2.45, 2.75) is 6.54 Å². The molecule has 2 heterocycles. The molecule has 14 heavy (non-hydrogen) atoms. The number of halogens is 1. The molecular weight excluding hydrogens is 218 g/mol. The Morgan fingerprint density at radius 3 is 3.07 bits per heavy atom. The van der Waals surface area contributed by atoms with E-state index in [1.807, 2.05) is 24.7 Å². The van der Waals surface area contributed by atoms with Gasteiger partial charge in [-0.15, -0.1) is 11.3 Å². The summed E-state index contributed by atoms with van der Waals surface area (Å²) >= 11 is 7.15. The van der Waals surface area contributed by atoms with Gasteiger partial charge in [0.2, 0.25) is 0 Å². The van der Waals surface area contributed by atoms with Gasteiger partial charge in [0.15, 0.2) is 4.47 Å². The predicted octanol–water partition coefficient (Wildman–Crippen LogP) is 2.75. The summed E-state index contributed by atoms with van der Waals surface area (Å²) in [5.74, 6) is 0.834. The van der Waals surface area contributed by atoms with Crippen LogP contribution in [-0.2, 0) is 13.6 Å². The standard InChI is InChI=1S/C9H10ClN3S/c1-13-4-2-3-7(13)5-11-8-6-14-9(10)12-8/h2-4,6,11H,5H2,1H3. The highest BCUT2D eigenvalue weighted by atomic mass is 35.5. The van der Waals surface area contributed by atoms with Crippen LogP contribution in [0.5, 0.6) is 0 Å². The third-order valence-corrected chi connectivity index (χ3v) is 2.96. The van der Waals surface area contributed by atoms with Crippen molar-refractivity contribution in [2.75, 3.05) is 5.32 Å². The number of anilines is 1. The van der Waals surface area contributed by atoms with Crippen molar-refractivity contribution in [3.63, 3.8) is 0 Å². The summed E-state index contributed by atoms with van der Waals surface area (Å²) in [7, 11) is 2.02. The van der Waals surface area contributed by atoms with Gasteiger partial charge in [-0.1, -0.05) is 11.6 Å². The molecule has 0 aliphatic carbocycles. The summed E-state index contributed by atoms with van der Waals surface area (Å²) < 4.78 is 2.64. The van der Waals surface area contributed by atoms with Gasteiger partial charge in [0, 0.05) is 24.3 Å². The van der Waals surface area contributed by atoms with Crippen molar-refractivity contribution >= 4 is 28.8 Å². The molecular formula is C9H10ClN3S. The Morgan fingerprint density at radius 1 is 1.64 bits per heavy atom. The van der Waals surface area contributed by atoms with Crippen LogP contribution in [0.1, 0.15) is 5.69 Å². The highest BCUT2D eigenvalue weighted by Gasteiger charge is 2.00. The second-order valence-corrected chi connectivity index (χ2v) is 4.39. The number of rotatable bonds is 3. The molecule has 0 saturated heterocycles. The first-order chi connectivity index (χ1) is 6.75. The van der Waals surface area contributed by atoms with Crippen molar-refractivity contribution in [1.82, 2.24) is 9.55 Å². The van der Waals surface area contributed by atoms with Crippen LogP contribution in [0.3, 0.4) is 0 Å². The fourth-order valence-electron chi connectivity index (χ4n) is 1.19. The number of nitrogens with zero attached hydrogens (tertiary/aromatic N) is 2. The second-order valence-electron chi connectivity index (χ2n) is 2.95. The Balaban J connectivity index is 1.98. The topological polar surface area (TPSA) is 29.9 Å². The molecule has 0 aliphatic rings. The molecule has 2 aromatic rings. The summed E-state index contributed by atoms with van der Waals surface area (Å²) in [5.41, 5.74) is 1.22. The molecule has 1 N–H and O–H groups in total. The summed E-state index contributed by atoms with van der Waals surface area (Å²) in [6.45, 7) is 0.767. The monoisotopic (exact) mass is 227 g/mol. The Labute approximate surface area is 91.4 Å². The third-order valence-electron chi connectivity index (χ3n) is 1.98. The lowest BCUT2D eigenvalue weighted by Crippen LogP contribution is -2.03. The molecule has 0 spiro atoms. The number of nitrogens with one attached hydrogen (secondary N) is 1. The minimum atomic E-state index is 0.569. The molecule has 2 aromatic heterocycles. The Hall–Kier alpha value is -1.00. The Kier molecular flexibility index (Phi) is 2.74. The van der Waals surface area contributed by atoms with Crippen molar-refractivity contribution in [1.29, 1.82) is 0 Å². The molecule has 0 unspecified atom stereocenters. The highest BCUT2D eigenvalue weighted by Crippen LogP contribution is 2.19. The molecule has 0 saturated carbocycles. The average Bonchev–Trinajstić information content (AvgIpc) is 2.72. The maximum atomic E-state index is 5.71. The fraction of sp³-hybridized carbons (Fsp3) is 0.222. The molecule has 0 amide bonds. The quantitative estimate of drug-likeness (QED) is 0.874. The lowest BCUT2D eigenvalue weighted by atomic mass is 10.4. The van der Waals surface area contributed by atoms with Crippen molar-refractivity contribution in [2.24, 2.45) is 7.05 Å². The number of hydrogen-bond donors (Lipinski definition) is 1. The highest BCUT2D eigenvalue weighted by molar-refractivity contribution is 7.14. The molecule has 5 heteroatoms. The molecule has 2 rings (SSSR count). The fourth-order valence-corrected chi connectivity index (χ4v) is 1.91. The largest absolute Gasteiger partial charge is 0.364 e. The molecule has 0 fully saturated rings. The van der Waals surface area contributed by atoms with Gasteiger partial charge < -0.3 is 9.88 Å². The van der Waals surface area contributed by atoms with E-state index in [-0.39, 0.29) is 0 Å². The molecule has 0 aromatic carbocycles. The number of aryl methyl sites for hydroxylation is 1. The second kappa shape index (κ2) is 4.02. The van der Waals surface area contributed by atoms with Crippen LogP contribution in [0.4, 0.5) is 5.82 Å². The molecule has 0 atom stereocenters. The van der Waals surface area contributed by atoms with Crippen LogP contribution in [0, 0.1) is 0 Å². The van der Waals surface area contributed by atoms with E-state index in [1.165, 1.54) is 17.0 Å². The van der Waals surface area contributed by atoms with Crippen LogP contribution < -0.4 is 5.32 Å². The van der Waals surface area contributed by atoms with E-state index in [2.05, 4.69) is 20.9 Å². The first-order valence-corrected chi connectivity index (χ1v) is 5.46. The normalized spacial score (nSPS) is 10.4. The van der Waals surface area contributed by atoms with Gasteiger partial charge in [-0.3, -0.25) is 0 Å². The zero-order chi connectivity index (χ0) is 9.97. The summed E-state index contributed by atoms with van der Waals surface area (Å²) in [4.78, 5) is 4.10. The molecule has 3 nitrogen and oxygen atoms in total. The number of aromatic nitrogens is 2. The lowest BCUT2D eigenvalue weighted by Gasteiger charge is -2.03. The maximum Gasteiger partial charge on any atom is 0.185 e. The zero-order valence-electron chi connectivity index (χ0n) is 7.70. The predicted molar refractivity (Wildman–Crippen MR) is 59.9 cm³/mol. The van der Waals surface area contributed by atoms with Gasteiger partial charge in [0.25, 0.3) is 0 Å². The van der Waals surface area contributed by atoms with E-state index in [0.29, 0.717) is 4.47 Å². The molecule has 0 bridgehead atoms. The van der Waals surface area contributed by atoms with Gasteiger partial charge in [-0.25, -0.2) is 4.98 Å². The van der Waals surface area contributed by atoms with Crippen LogP contribution in [0.15, 0.2) is 23.7 Å². The van der Waals surface area contributed by atoms with E-state index in [0.717, 1.165) is 12.4 Å². The molecule has 0 radical (unpaired) electrons. The van der Waals surface area contributed by atoms with Crippen molar-refractivity contribution in [3.8, 4) is 0 Å². The number of hydrogen-bond acceptors (Lipinski definition) is 3. The van der Waals surface area contributed by atoms with Crippen LogP contribution in [-0.4, -0.2) is 9.55 Å². The molecule has 74 valence electrons. The summed E-state index contributed by atoms with van der Waals surface area (Å²) in [5, 5.41) is 5.11. The maximum absolute atomic E-state index is 5.71. The lowest BCUT2D eigenvalue weighted by molar-refractivity contribution is 0.841. The SMILES string of the molecule is Cn1cccc1CNc1csc(Cl)n1. The van der Waals surface area contributed by atoms with E-state index in [1.54, 1.807) is 0 Å². The summed E-state index contributed by atoms with van der Waals surface area (Å²) in [6.07, 6.45) is 2.02. The van der Waals surface area contributed by atoms with E-state index in [4.69, 9.17) is 11.6 Å². The third kappa shape index (κ3) is 2.08. The number of thiazole rings is 1. The van der Waals surface area contributed by atoms with Crippen LogP contribution >= 0.6 is 22.9 Å². The summed E-state index contributed by atoms with van der Waals surface area (Å²) in [6, 6.07) is 4.09. The van der Waals surface area contributed by atoms with Crippen LogP contribution in [0.25, 0.3) is 0 Å². The Morgan fingerprint density at radius 2 is 2.50 bits per heavy atom. The zero-order valence-corrected chi connectivity index (χ0v) is 9.27. The smallest absolute Gasteiger partial charge is 0.185 e. The van der Waals surface area contributed by atoms with E-state index < -0.39 is 0 Å². The average molecular weight is 228 g/mol. The van der Waals surface area contributed by atoms with Gasteiger partial charge >= 0.3 is 0 Å². The minimum Gasteiger partial charge on any atom is -0.364 e. The van der Waals surface area contributed by atoms with Gasteiger partial charge in [-0.05, 0) is 12.1 Å². The first-order valence-electron chi connectivity index (χ1n) is 4.21. The Bertz CT molecular complexity index is 421. The first kappa shape index (κ1) is 9.55. The molecule has 0 aliphatic heterocycles. The van der Waals surface area contributed by atoms with Gasteiger partial charge in [0.05, 0.1) is 6.54 Å². The van der Waals surface area contributed by atoms with Crippen molar-refractivity contribution in [3.05, 3.63) is 33.9 Å². The van der Waals surface area contributed by atoms with Gasteiger partial charge in [-0.2, -0.15) is 0 Å². The van der Waals surface area contributed by atoms with Crippen LogP contribution in [0.2, 0.25) is 4.47 Å². The van der Waals surface area contributed by atoms with E-state index in [9.17, 15) is 0 Å². The minimum absolute atomic E-state index is 0.569.